The molecule has 2 nitrogen and oxygen atoms in total. The van der Waals surface area contributed by atoms with Crippen molar-refractivity contribution in [3.05, 3.63) is 34.9 Å². The van der Waals surface area contributed by atoms with Gasteiger partial charge in [0.05, 0.1) is 6.61 Å². The van der Waals surface area contributed by atoms with Gasteiger partial charge in [-0.15, -0.1) is 0 Å². The lowest BCUT2D eigenvalue weighted by molar-refractivity contribution is 0.00692. The van der Waals surface area contributed by atoms with E-state index in [-0.39, 0.29) is 5.72 Å². The summed E-state index contributed by atoms with van der Waals surface area (Å²) in [6.45, 7) is 4.96. The fourth-order valence-corrected chi connectivity index (χ4v) is 2.22. The van der Waals surface area contributed by atoms with E-state index in [1.54, 1.807) is 0 Å². The summed E-state index contributed by atoms with van der Waals surface area (Å²) in [4.78, 5) is 0. The van der Waals surface area contributed by atoms with Gasteiger partial charge in [0.1, 0.15) is 5.72 Å². The number of halogens is 1. The van der Waals surface area contributed by atoms with Crippen LogP contribution in [0.5, 0.6) is 0 Å². The van der Waals surface area contributed by atoms with E-state index in [1.165, 1.54) is 0 Å². The van der Waals surface area contributed by atoms with E-state index in [4.69, 9.17) is 16.3 Å². The summed E-state index contributed by atoms with van der Waals surface area (Å²) in [5.41, 5.74) is 0.855. The molecule has 2 rings (SSSR count). The van der Waals surface area contributed by atoms with Crippen molar-refractivity contribution in [3.8, 4) is 0 Å². The Balaban J connectivity index is 2.12. The van der Waals surface area contributed by atoms with E-state index in [2.05, 4.69) is 19.2 Å². The smallest absolute Gasteiger partial charge is 0.120 e. The Morgan fingerprint density at radius 1 is 1.53 bits per heavy atom. The normalized spacial score (nSPS) is 30.7. The first-order valence-electron chi connectivity index (χ1n) is 5.24. The molecule has 1 fully saturated rings. The molecule has 1 aromatic carbocycles. The van der Waals surface area contributed by atoms with Gasteiger partial charge in [0.2, 0.25) is 0 Å². The van der Waals surface area contributed by atoms with Gasteiger partial charge in [0.15, 0.2) is 0 Å². The van der Waals surface area contributed by atoms with Crippen LogP contribution in [-0.4, -0.2) is 18.4 Å². The average Bonchev–Trinajstić information content (AvgIpc) is 2.51. The highest BCUT2D eigenvalue weighted by Gasteiger charge is 2.33. The second kappa shape index (κ2) is 4.12. The second-order valence-corrected chi connectivity index (χ2v) is 4.76. The molecule has 0 bridgehead atoms. The predicted octanol–water partition coefficient (Wildman–Crippen LogP) is 2.61. The van der Waals surface area contributed by atoms with E-state index in [1.807, 2.05) is 24.3 Å². The molecule has 2 atom stereocenters. The Labute approximate surface area is 95.6 Å². The first-order chi connectivity index (χ1) is 7.09. The van der Waals surface area contributed by atoms with Crippen LogP contribution in [0, 0.1) is 0 Å². The first kappa shape index (κ1) is 10.9. The Morgan fingerprint density at radius 2 is 2.27 bits per heavy atom. The molecular weight excluding hydrogens is 210 g/mol. The van der Waals surface area contributed by atoms with Crippen molar-refractivity contribution < 1.29 is 4.74 Å². The summed E-state index contributed by atoms with van der Waals surface area (Å²) >= 11 is 6.12. The molecule has 0 aromatic heterocycles. The van der Waals surface area contributed by atoms with E-state index < -0.39 is 0 Å². The molecule has 0 radical (unpaired) electrons. The molecule has 0 saturated carbocycles. The lowest BCUT2D eigenvalue weighted by Crippen LogP contribution is -2.42. The molecule has 1 saturated heterocycles. The van der Waals surface area contributed by atoms with Gasteiger partial charge in [0.25, 0.3) is 0 Å². The minimum absolute atomic E-state index is 0.273. The predicted molar refractivity (Wildman–Crippen MR) is 62.1 cm³/mol. The Bertz CT molecular complexity index is 355. The highest BCUT2D eigenvalue weighted by atomic mass is 35.5. The molecule has 0 aliphatic carbocycles. The fourth-order valence-electron chi connectivity index (χ4n) is 2.02. The second-order valence-electron chi connectivity index (χ2n) is 4.36. The van der Waals surface area contributed by atoms with E-state index in [9.17, 15) is 0 Å². The van der Waals surface area contributed by atoms with Crippen molar-refractivity contribution >= 4 is 11.6 Å². The van der Waals surface area contributed by atoms with E-state index in [0.29, 0.717) is 6.04 Å². The summed E-state index contributed by atoms with van der Waals surface area (Å²) in [6, 6.07) is 8.32. The van der Waals surface area contributed by atoms with E-state index in [0.717, 1.165) is 23.6 Å². The van der Waals surface area contributed by atoms with Gasteiger partial charge in [-0.25, -0.2) is 0 Å². The Hall–Kier alpha value is -0.570. The van der Waals surface area contributed by atoms with Gasteiger partial charge < -0.3 is 4.74 Å². The highest BCUT2D eigenvalue weighted by molar-refractivity contribution is 6.31. The lowest BCUT2D eigenvalue weighted by atomic mass is 10.0. The monoisotopic (exact) mass is 225 g/mol. The fraction of sp³-hybridized carbons (Fsp3) is 0.500. The summed E-state index contributed by atoms with van der Waals surface area (Å²) in [5, 5.41) is 4.23. The maximum atomic E-state index is 6.12. The molecule has 0 amide bonds. The third kappa shape index (κ3) is 2.51. The van der Waals surface area contributed by atoms with Gasteiger partial charge in [0, 0.05) is 17.5 Å². The molecule has 15 heavy (non-hydrogen) atoms. The van der Waals surface area contributed by atoms with Crippen molar-refractivity contribution in [2.75, 3.05) is 6.61 Å². The van der Waals surface area contributed by atoms with Crippen molar-refractivity contribution in [1.29, 1.82) is 0 Å². The van der Waals surface area contributed by atoms with Gasteiger partial charge in [-0.05, 0) is 25.5 Å². The molecule has 0 spiro atoms. The average molecular weight is 226 g/mol. The van der Waals surface area contributed by atoms with Crippen LogP contribution in [0.15, 0.2) is 24.3 Å². The number of hydrogen-bond donors (Lipinski definition) is 1. The van der Waals surface area contributed by atoms with Crippen LogP contribution < -0.4 is 5.32 Å². The zero-order chi connectivity index (χ0) is 10.9. The summed E-state index contributed by atoms with van der Waals surface area (Å²) in [7, 11) is 0. The van der Waals surface area contributed by atoms with Crippen molar-refractivity contribution in [2.45, 2.75) is 32.0 Å². The van der Waals surface area contributed by atoms with Crippen LogP contribution in [0.4, 0.5) is 0 Å². The number of hydrogen-bond acceptors (Lipinski definition) is 2. The summed E-state index contributed by atoms with van der Waals surface area (Å²) < 4.78 is 5.74. The lowest BCUT2D eigenvalue weighted by Gasteiger charge is -2.24. The SMILES string of the molecule is CC1COC(C)(Cc2ccccc2Cl)N1. The maximum absolute atomic E-state index is 6.12. The van der Waals surface area contributed by atoms with Gasteiger partial charge in [-0.1, -0.05) is 29.8 Å². The van der Waals surface area contributed by atoms with Crippen LogP contribution >= 0.6 is 11.6 Å². The highest BCUT2D eigenvalue weighted by Crippen LogP contribution is 2.24. The molecule has 1 aliphatic heterocycles. The third-order valence-corrected chi connectivity index (χ3v) is 3.06. The largest absolute Gasteiger partial charge is 0.359 e. The van der Waals surface area contributed by atoms with Crippen LogP contribution in [-0.2, 0) is 11.2 Å². The Morgan fingerprint density at radius 3 is 2.87 bits per heavy atom. The van der Waals surface area contributed by atoms with Crippen molar-refractivity contribution in [1.82, 2.24) is 5.32 Å². The van der Waals surface area contributed by atoms with Gasteiger partial charge >= 0.3 is 0 Å². The minimum Gasteiger partial charge on any atom is -0.359 e. The zero-order valence-electron chi connectivity index (χ0n) is 9.09. The van der Waals surface area contributed by atoms with Crippen molar-refractivity contribution in [2.24, 2.45) is 0 Å². The molecule has 82 valence electrons. The van der Waals surface area contributed by atoms with E-state index >= 15 is 0 Å². The number of ether oxygens (including phenoxy) is 1. The molecule has 1 heterocycles. The standard InChI is InChI=1S/C12H16ClNO/c1-9-8-15-12(2,14-9)7-10-5-3-4-6-11(10)13/h3-6,9,14H,7-8H2,1-2H3. The molecule has 1 aromatic rings. The molecule has 2 unspecified atom stereocenters. The van der Waals surface area contributed by atoms with Crippen molar-refractivity contribution in [3.63, 3.8) is 0 Å². The molecule has 1 N–H and O–H groups in total. The van der Waals surface area contributed by atoms with Gasteiger partial charge in [-0.3, -0.25) is 5.32 Å². The van der Waals surface area contributed by atoms with Crippen LogP contribution in [0.1, 0.15) is 19.4 Å². The van der Waals surface area contributed by atoms with Crippen LogP contribution in [0.25, 0.3) is 0 Å². The molecular formula is C12H16ClNO. The number of nitrogens with one attached hydrogen (secondary N) is 1. The number of rotatable bonds is 2. The minimum atomic E-state index is -0.273. The number of benzene rings is 1. The van der Waals surface area contributed by atoms with Crippen LogP contribution in [0.2, 0.25) is 5.02 Å². The zero-order valence-corrected chi connectivity index (χ0v) is 9.84. The Kier molecular flexibility index (Phi) is 3.01. The summed E-state index contributed by atoms with van der Waals surface area (Å²) in [6.07, 6.45) is 0.803. The maximum Gasteiger partial charge on any atom is 0.120 e. The first-order valence-corrected chi connectivity index (χ1v) is 5.62. The molecule has 1 aliphatic rings. The van der Waals surface area contributed by atoms with Crippen LogP contribution in [0.3, 0.4) is 0 Å². The quantitative estimate of drug-likeness (QED) is 0.836. The third-order valence-electron chi connectivity index (χ3n) is 2.69. The molecule has 3 heteroatoms. The van der Waals surface area contributed by atoms with Gasteiger partial charge in [-0.2, -0.15) is 0 Å². The topological polar surface area (TPSA) is 21.3 Å². The summed E-state index contributed by atoms with van der Waals surface area (Å²) in [5.74, 6) is 0.